The fourth-order valence-electron chi connectivity index (χ4n) is 1.61. The number of nitrogens with two attached hydrogens (primary N) is 1. The summed E-state index contributed by atoms with van der Waals surface area (Å²) in [6.45, 7) is 4.10. The lowest BCUT2D eigenvalue weighted by molar-refractivity contribution is 1.18. The number of rotatable bonds is 2. The van der Waals surface area contributed by atoms with Crippen LogP contribution in [0.4, 0.5) is 17.5 Å². The van der Waals surface area contributed by atoms with E-state index < -0.39 is 0 Å². The third-order valence-electron chi connectivity index (χ3n) is 2.38. The second-order valence-electron chi connectivity index (χ2n) is 3.85. The summed E-state index contributed by atoms with van der Waals surface area (Å²) < 4.78 is 1.13. The first-order chi connectivity index (χ1) is 8.06. The highest BCUT2D eigenvalue weighted by Gasteiger charge is 2.03. The van der Waals surface area contributed by atoms with E-state index in [1.807, 2.05) is 0 Å². The van der Waals surface area contributed by atoms with Crippen molar-refractivity contribution in [2.45, 2.75) is 13.8 Å². The number of hydrogen-bond acceptors (Lipinski definition) is 4. The Morgan fingerprint density at radius 2 is 1.88 bits per heavy atom. The van der Waals surface area contributed by atoms with Crippen molar-refractivity contribution in [3.05, 3.63) is 40.0 Å². The van der Waals surface area contributed by atoms with Gasteiger partial charge in [-0.25, -0.2) is 4.98 Å². The van der Waals surface area contributed by atoms with E-state index in [0.29, 0.717) is 5.82 Å². The molecular weight excluding hydrogens is 280 g/mol. The van der Waals surface area contributed by atoms with Crippen LogP contribution in [0.25, 0.3) is 0 Å². The largest absolute Gasteiger partial charge is 0.368 e. The van der Waals surface area contributed by atoms with Gasteiger partial charge >= 0.3 is 0 Å². The van der Waals surface area contributed by atoms with E-state index in [4.69, 9.17) is 5.73 Å². The molecule has 0 atom stereocenters. The minimum atomic E-state index is 0.264. The summed E-state index contributed by atoms with van der Waals surface area (Å²) >= 11 is 3.54. The average molecular weight is 293 g/mol. The molecule has 88 valence electrons. The van der Waals surface area contributed by atoms with Gasteiger partial charge in [0.1, 0.15) is 5.82 Å². The fourth-order valence-corrected chi connectivity index (χ4v) is 1.84. The van der Waals surface area contributed by atoms with Gasteiger partial charge in [0, 0.05) is 16.4 Å². The van der Waals surface area contributed by atoms with E-state index in [0.717, 1.165) is 10.2 Å². The van der Waals surface area contributed by atoms with Crippen molar-refractivity contribution in [2.24, 2.45) is 0 Å². The predicted molar refractivity (Wildman–Crippen MR) is 73.3 cm³/mol. The number of benzene rings is 1. The molecule has 5 heteroatoms. The lowest BCUT2D eigenvalue weighted by atomic mass is 10.1. The molecule has 0 aliphatic carbocycles. The lowest BCUT2D eigenvalue weighted by Gasteiger charge is -2.10. The molecule has 0 saturated carbocycles. The third kappa shape index (κ3) is 2.74. The summed E-state index contributed by atoms with van der Waals surface area (Å²) in [7, 11) is 0. The van der Waals surface area contributed by atoms with Gasteiger partial charge in [-0.1, -0.05) is 15.9 Å². The Morgan fingerprint density at radius 3 is 2.47 bits per heavy atom. The van der Waals surface area contributed by atoms with Crippen molar-refractivity contribution in [3.8, 4) is 0 Å². The first-order valence-corrected chi connectivity index (χ1v) is 5.98. The van der Waals surface area contributed by atoms with Crippen molar-refractivity contribution in [1.82, 2.24) is 9.97 Å². The molecule has 1 aromatic heterocycles. The Morgan fingerprint density at radius 1 is 1.24 bits per heavy atom. The van der Waals surface area contributed by atoms with Crippen LogP contribution in [0.3, 0.4) is 0 Å². The molecule has 0 amide bonds. The van der Waals surface area contributed by atoms with E-state index in [1.54, 1.807) is 12.3 Å². The summed E-state index contributed by atoms with van der Waals surface area (Å²) in [4.78, 5) is 7.94. The number of nitrogen functional groups attached to an aromatic ring is 1. The van der Waals surface area contributed by atoms with Crippen molar-refractivity contribution in [2.75, 3.05) is 11.1 Å². The second kappa shape index (κ2) is 4.71. The zero-order chi connectivity index (χ0) is 12.4. The highest BCUT2D eigenvalue weighted by Crippen LogP contribution is 2.26. The highest BCUT2D eigenvalue weighted by molar-refractivity contribution is 9.10. The Balaban J connectivity index is 2.31. The summed E-state index contributed by atoms with van der Waals surface area (Å²) in [6, 6.07) is 5.88. The van der Waals surface area contributed by atoms with Crippen LogP contribution in [0, 0.1) is 13.8 Å². The average Bonchev–Trinajstić information content (AvgIpc) is 2.26. The molecule has 0 aliphatic heterocycles. The smallest absolute Gasteiger partial charge is 0.221 e. The topological polar surface area (TPSA) is 63.8 Å². The molecule has 0 radical (unpaired) electrons. The molecule has 2 aromatic rings. The van der Waals surface area contributed by atoms with Crippen LogP contribution in [0.15, 0.2) is 28.9 Å². The van der Waals surface area contributed by atoms with Crippen molar-refractivity contribution >= 4 is 33.4 Å². The van der Waals surface area contributed by atoms with Gasteiger partial charge in [-0.2, -0.15) is 4.98 Å². The first-order valence-electron chi connectivity index (χ1n) is 5.18. The Labute approximate surface area is 108 Å². The molecule has 0 spiro atoms. The zero-order valence-corrected chi connectivity index (χ0v) is 11.2. The van der Waals surface area contributed by atoms with Crippen LogP contribution in [0.1, 0.15) is 11.1 Å². The monoisotopic (exact) mass is 292 g/mol. The number of hydrogen-bond donors (Lipinski definition) is 2. The first kappa shape index (κ1) is 11.9. The third-order valence-corrected chi connectivity index (χ3v) is 3.63. The highest BCUT2D eigenvalue weighted by atomic mass is 79.9. The van der Waals surface area contributed by atoms with Crippen LogP contribution in [-0.2, 0) is 0 Å². The SMILES string of the molecule is Cc1cc(Nc2ccnc(N)n2)cc(C)c1Br. The van der Waals surface area contributed by atoms with Gasteiger partial charge in [0.15, 0.2) is 0 Å². The normalized spacial score (nSPS) is 10.3. The van der Waals surface area contributed by atoms with Crippen LogP contribution in [0.5, 0.6) is 0 Å². The van der Waals surface area contributed by atoms with Crippen LogP contribution in [0.2, 0.25) is 0 Å². The Bertz CT molecular complexity index is 531. The number of nitrogens with one attached hydrogen (secondary N) is 1. The maximum Gasteiger partial charge on any atom is 0.221 e. The lowest BCUT2D eigenvalue weighted by Crippen LogP contribution is -1.99. The summed E-state index contributed by atoms with van der Waals surface area (Å²) in [5.41, 5.74) is 8.86. The van der Waals surface area contributed by atoms with E-state index in [9.17, 15) is 0 Å². The summed E-state index contributed by atoms with van der Waals surface area (Å²) in [5, 5.41) is 3.20. The minimum absolute atomic E-state index is 0.264. The maximum absolute atomic E-state index is 5.53. The van der Waals surface area contributed by atoms with E-state index >= 15 is 0 Å². The molecule has 1 aromatic carbocycles. The van der Waals surface area contributed by atoms with Crippen LogP contribution in [-0.4, -0.2) is 9.97 Å². The molecule has 0 bridgehead atoms. The number of nitrogens with zero attached hydrogens (tertiary/aromatic N) is 2. The van der Waals surface area contributed by atoms with E-state index in [1.165, 1.54) is 11.1 Å². The number of aryl methyl sites for hydroxylation is 2. The van der Waals surface area contributed by atoms with Gasteiger partial charge in [-0.3, -0.25) is 0 Å². The summed E-state index contributed by atoms with van der Waals surface area (Å²) in [6.07, 6.45) is 1.63. The molecule has 17 heavy (non-hydrogen) atoms. The van der Waals surface area contributed by atoms with Gasteiger partial charge < -0.3 is 11.1 Å². The molecule has 0 saturated heterocycles. The van der Waals surface area contributed by atoms with Crippen LogP contribution >= 0.6 is 15.9 Å². The summed E-state index contributed by atoms with van der Waals surface area (Å²) in [5.74, 6) is 0.958. The van der Waals surface area contributed by atoms with Gasteiger partial charge in [0.05, 0.1) is 0 Å². The number of halogens is 1. The Kier molecular flexibility index (Phi) is 3.28. The molecule has 0 unspecified atom stereocenters. The number of aromatic nitrogens is 2. The van der Waals surface area contributed by atoms with Gasteiger partial charge in [-0.05, 0) is 43.2 Å². The quantitative estimate of drug-likeness (QED) is 0.892. The van der Waals surface area contributed by atoms with Crippen molar-refractivity contribution in [1.29, 1.82) is 0 Å². The van der Waals surface area contributed by atoms with Gasteiger partial charge in [0.25, 0.3) is 0 Å². The molecule has 2 rings (SSSR count). The minimum Gasteiger partial charge on any atom is -0.368 e. The fraction of sp³-hybridized carbons (Fsp3) is 0.167. The van der Waals surface area contributed by atoms with E-state index in [-0.39, 0.29) is 5.95 Å². The predicted octanol–water partition coefficient (Wildman–Crippen LogP) is 3.18. The molecule has 4 nitrogen and oxygen atoms in total. The van der Waals surface area contributed by atoms with E-state index in [2.05, 4.69) is 57.2 Å². The van der Waals surface area contributed by atoms with Gasteiger partial charge in [-0.15, -0.1) is 0 Å². The second-order valence-corrected chi connectivity index (χ2v) is 4.64. The molecule has 3 N–H and O–H groups in total. The Hall–Kier alpha value is -1.62. The van der Waals surface area contributed by atoms with Crippen molar-refractivity contribution in [3.63, 3.8) is 0 Å². The molecule has 0 aliphatic rings. The van der Waals surface area contributed by atoms with Crippen molar-refractivity contribution < 1.29 is 0 Å². The van der Waals surface area contributed by atoms with Crippen LogP contribution < -0.4 is 11.1 Å². The molecule has 1 heterocycles. The molecular formula is C12H13BrN4. The standard InChI is InChI=1S/C12H13BrN4/c1-7-5-9(6-8(2)11(7)13)16-10-3-4-15-12(14)17-10/h3-6H,1-2H3,(H3,14,15,16,17). The maximum atomic E-state index is 5.53. The van der Waals surface area contributed by atoms with Gasteiger partial charge in [0.2, 0.25) is 5.95 Å². The molecule has 0 fully saturated rings. The number of anilines is 3. The zero-order valence-electron chi connectivity index (χ0n) is 9.66.